The molecule has 0 unspecified atom stereocenters. The van der Waals surface area contributed by atoms with Crippen molar-refractivity contribution in [2.75, 3.05) is 12.0 Å². The van der Waals surface area contributed by atoms with Crippen LogP contribution in [0.4, 0.5) is 5.69 Å². The smallest absolute Gasteiger partial charge is 0.258 e. The Morgan fingerprint density at radius 3 is 2.26 bits per heavy atom. The van der Waals surface area contributed by atoms with Gasteiger partial charge < -0.3 is 14.6 Å². The highest BCUT2D eigenvalue weighted by Gasteiger charge is 2.20. The average Bonchev–Trinajstić information content (AvgIpc) is 2.78. The standard InChI is InChI=1S/C26H24N2O3/c1-17-5-10-22(11-6-17)28(26(30)19-8-12-23(31-3)13-9-19)16-21-15-20-7-4-18(2)14-24(20)27-25(21)29/h4-15H,16H2,1-3H3,(H,27,29). The lowest BCUT2D eigenvalue weighted by Crippen LogP contribution is -2.32. The second-order valence-electron chi connectivity index (χ2n) is 7.67. The lowest BCUT2D eigenvalue weighted by molar-refractivity contribution is 0.0985. The van der Waals surface area contributed by atoms with Gasteiger partial charge in [0.15, 0.2) is 0 Å². The maximum atomic E-state index is 13.4. The summed E-state index contributed by atoms with van der Waals surface area (Å²) in [5.74, 6) is 0.495. The van der Waals surface area contributed by atoms with E-state index >= 15 is 0 Å². The zero-order valence-corrected chi connectivity index (χ0v) is 17.8. The number of ether oxygens (including phenoxy) is 1. The number of benzene rings is 3. The van der Waals surface area contributed by atoms with Gasteiger partial charge in [-0.25, -0.2) is 0 Å². The van der Waals surface area contributed by atoms with Crippen LogP contribution in [-0.4, -0.2) is 18.0 Å². The van der Waals surface area contributed by atoms with E-state index in [-0.39, 0.29) is 18.0 Å². The number of nitrogens with zero attached hydrogens (tertiary/aromatic N) is 1. The average molecular weight is 412 g/mol. The van der Waals surface area contributed by atoms with Crippen LogP contribution in [0.5, 0.6) is 5.75 Å². The van der Waals surface area contributed by atoms with Crippen LogP contribution in [0.1, 0.15) is 27.0 Å². The molecule has 0 spiro atoms. The van der Waals surface area contributed by atoms with E-state index in [0.29, 0.717) is 16.9 Å². The SMILES string of the molecule is COc1ccc(C(=O)N(Cc2cc3ccc(C)cc3[nH]c2=O)c2ccc(C)cc2)cc1. The number of aryl methyl sites for hydroxylation is 2. The third-order valence-electron chi connectivity index (χ3n) is 5.33. The molecule has 0 fully saturated rings. The van der Waals surface area contributed by atoms with E-state index in [0.717, 1.165) is 27.7 Å². The number of aromatic amines is 1. The van der Waals surface area contributed by atoms with Crippen molar-refractivity contribution in [1.82, 2.24) is 4.98 Å². The fourth-order valence-corrected chi connectivity index (χ4v) is 3.54. The van der Waals surface area contributed by atoms with Crippen LogP contribution in [0, 0.1) is 13.8 Å². The number of anilines is 1. The van der Waals surface area contributed by atoms with Crippen molar-refractivity contribution in [1.29, 1.82) is 0 Å². The quantitative estimate of drug-likeness (QED) is 0.502. The summed E-state index contributed by atoms with van der Waals surface area (Å²) in [5, 5.41) is 0.931. The van der Waals surface area contributed by atoms with Crippen molar-refractivity contribution in [3.63, 3.8) is 0 Å². The maximum Gasteiger partial charge on any atom is 0.258 e. The van der Waals surface area contributed by atoms with E-state index < -0.39 is 0 Å². The number of carbonyl (C=O) groups excluding carboxylic acids is 1. The highest BCUT2D eigenvalue weighted by atomic mass is 16.5. The summed E-state index contributed by atoms with van der Waals surface area (Å²) in [6.07, 6.45) is 0. The molecule has 5 nitrogen and oxygen atoms in total. The van der Waals surface area contributed by atoms with Gasteiger partial charge in [-0.05, 0) is 73.3 Å². The summed E-state index contributed by atoms with van der Waals surface area (Å²) in [6.45, 7) is 4.14. The molecule has 0 saturated carbocycles. The third-order valence-corrected chi connectivity index (χ3v) is 5.33. The van der Waals surface area contributed by atoms with Gasteiger partial charge in [-0.15, -0.1) is 0 Å². The van der Waals surface area contributed by atoms with Gasteiger partial charge in [0.2, 0.25) is 0 Å². The molecule has 0 aliphatic heterocycles. The molecule has 0 bridgehead atoms. The molecule has 0 aliphatic rings. The first-order valence-corrected chi connectivity index (χ1v) is 10.1. The Morgan fingerprint density at radius 1 is 0.903 bits per heavy atom. The maximum absolute atomic E-state index is 13.4. The van der Waals surface area contributed by atoms with Crippen LogP contribution < -0.4 is 15.2 Å². The summed E-state index contributed by atoms with van der Waals surface area (Å²) in [7, 11) is 1.59. The van der Waals surface area contributed by atoms with Crippen LogP contribution >= 0.6 is 0 Å². The monoisotopic (exact) mass is 412 g/mol. The topological polar surface area (TPSA) is 62.4 Å². The summed E-state index contributed by atoms with van der Waals surface area (Å²) < 4.78 is 5.20. The van der Waals surface area contributed by atoms with E-state index in [1.54, 1.807) is 36.3 Å². The summed E-state index contributed by atoms with van der Waals surface area (Å²) in [6, 6.07) is 22.5. The van der Waals surface area contributed by atoms with Gasteiger partial charge in [-0.3, -0.25) is 9.59 Å². The minimum atomic E-state index is -0.197. The molecule has 1 heterocycles. The second-order valence-corrected chi connectivity index (χ2v) is 7.67. The van der Waals surface area contributed by atoms with Crippen molar-refractivity contribution in [3.8, 4) is 5.75 Å². The first-order valence-electron chi connectivity index (χ1n) is 10.1. The lowest BCUT2D eigenvalue weighted by atomic mass is 10.1. The van der Waals surface area contributed by atoms with E-state index in [1.807, 2.05) is 62.4 Å². The first-order chi connectivity index (χ1) is 14.9. The molecule has 5 heteroatoms. The van der Waals surface area contributed by atoms with Crippen LogP contribution in [-0.2, 0) is 6.54 Å². The Bertz CT molecular complexity index is 1290. The Balaban J connectivity index is 1.75. The molecule has 1 N–H and O–H groups in total. The second kappa shape index (κ2) is 8.48. The van der Waals surface area contributed by atoms with Gasteiger partial charge in [0.05, 0.1) is 13.7 Å². The van der Waals surface area contributed by atoms with Crippen molar-refractivity contribution in [2.24, 2.45) is 0 Å². The van der Waals surface area contributed by atoms with Gasteiger partial charge in [0, 0.05) is 22.3 Å². The van der Waals surface area contributed by atoms with Gasteiger partial charge in [-0.2, -0.15) is 0 Å². The number of hydrogen-bond acceptors (Lipinski definition) is 3. The largest absolute Gasteiger partial charge is 0.497 e. The van der Waals surface area contributed by atoms with E-state index in [4.69, 9.17) is 4.74 Å². The predicted octanol–water partition coefficient (Wildman–Crippen LogP) is 5.00. The summed E-state index contributed by atoms with van der Waals surface area (Å²) in [4.78, 5) is 30.8. The number of aromatic nitrogens is 1. The molecule has 0 saturated heterocycles. The van der Waals surface area contributed by atoms with Gasteiger partial charge >= 0.3 is 0 Å². The molecular formula is C26H24N2O3. The molecule has 4 aromatic rings. The molecule has 1 aromatic heterocycles. The Hall–Kier alpha value is -3.86. The molecule has 156 valence electrons. The summed E-state index contributed by atoms with van der Waals surface area (Å²) in [5.41, 5.74) is 4.55. The Kier molecular flexibility index (Phi) is 5.58. The van der Waals surface area contributed by atoms with Crippen LogP contribution in [0.2, 0.25) is 0 Å². The molecule has 3 aromatic carbocycles. The van der Waals surface area contributed by atoms with Crippen molar-refractivity contribution in [2.45, 2.75) is 20.4 Å². The zero-order chi connectivity index (χ0) is 22.0. The van der Waals surface area contributed by atoms with Crippen molar-refractivity contribution < 1.29 is 9.53 Å². The molecular weight excluding hydrogens is 388 g/mol. The van der Waals surface area contributed by atoms with Gasteiger partial charge in [-0.1, -0.05) is 29.8 Å². The lowest BCUT2D eigenvalue weighted by Gasteiger charge is -2.23. The number of amides is 1. The number of methoxy groups -OCH3 is 1. The fourth-order valence-electron chi connectivity index (χ4n) is 3.54. The fraction of sp³-hybridized carbons (Fsp3) is 0.154. The van der Waals surface area contributed by atoms with Crippen LogP contribution in [0.15, 0.2) is 77.6 Å². The number of nitrogens with one attached hydrogen (secondary N) is 1. The molecule has 0 atom stereocenters. The van der Waals surface area contributed by atoms with Gasteiger partial charge in [0.1, 0.15) is 5.75 Å². The summed E-state index contributed by atoms with van der Waals surface area (Å²) >= 11 is 0. The van der Waals surface area contributed by atoms with E-state index in [1.165, 1.54) is 0 Å². The molecule has 4 rings (SSSR count). The number of hydrogen-bond donors (Lipinski definition) is 1. The normalized spacial score (nSPS) is 10.8. The Labute approximate surface area is 180 Å². The van der Waals surface area contributed by atoms with Crippen molar-refractivity contribution in [3.05, 3.63) is 105 Å². The number of rotatable bonds is 5. The molecule has 1 amide bonds. The number of H-pyrrole nitrogens is 1. The molecule has 0 aliphatic carbocycles. The highest BCUT2D eigenvalue weighted by molar-refractivity contribution is 6.06. The van der Waals surface area contributed by atoms with E-state index in [9.17, 15) is 9.59 Å². The van der Waals surface area contributed by atoms with Gasteiger partial charge in [0.25, 0.3) is 11.5 Å². The first kappa shape index (κ1) is 20.4. The van der Waals surface area contributed by atoms with Crippen molar-refractivity contribution >= 4 is 22.5 Å². The third kappa shape index (κ3) is 4.36. The highest BCUT2D eigenvalue weighted by Crippen LogP contribution is 2.22. The van der Waals surface area contributed by atoms with Crippen LogP contribution in [0.25, 0.3) is 10.9 Å². The zero-order valence-electron chi connectivity index (χ0n) is 17.8. The number of fused-ring (bicyclic) bond motifs is 1. The molecule has 0 radical (unpaired) electrons. The van der Waals surface area contributed by atoms with E-state index in [2.05, 4.69) is 4.98 Å². The minimum Gasteiger partial charge on any atom is -0.497 e. The number of pyridine rings is 1. The Morgan fingerprint density at radius 2 is 1.58 bits per heavy atom. The molecule has 31 heavy (non-hydrogen) atoms. The predicted molar refractivity (Wildman–Crippen MR) is 124 cm³/mol. The minimum absolute atomic E-state index is 0.160. The number of carbonyl (C=O) groups is 1. The van der Waals surface area contributed by atoms with Crippen LogP contribution in [0.3, 0.4) is 0 Å².